The molecule has 0 saturated carbocycles. The maximum absolute atomic E-state index is 12.5. The summed E-state index contributed by atoms with van der Waals surface area (Å²) in [5.74, 6) is 4.99. The Hall–Kier alpha value is -2.87. The van der Waals surface area contributed by atoms with Crippen molar-refractivity contribution < 1.29 is 23.2 Å². The first-order valence-electron chi connectivity index (χ1n) is 7.52. The predicted molar refractivity (Wildman–Crippen MR) is 91.7 cm³/mol. The number of sulfonamides is 1. The number of ether oxygens (including phenoxy) is 1. The van der Waals surface area contributed by atoms with Crippen molar-refractivity contribution in [3.63, 3.8) is 0 Å². The van der Waals surface area contributed by atoms with E-state index in [0.717, 1.165) is 0 Å². The molecule has 1 aromatic carbocycles. The molecule has 10 heteroatoms. The standard InChI is InChI=1S/C16H18N4O5S/c1-2-3-8-25-13-4-6-14(7-5-13)26(23,24)20-15(16(21)19-22)9-12-10-17-11-18-12/h4-7,10-11,15,20,22H,8-9H2,1H3,(H,17,18)(H,19,21)/t15-/m1/s1. The van der Waals surface area contributed by atoms with Crippen molar-refractivity contribution in [2.45, 2.75) is 24.3 Å². The molecule has 0 aliphatic heterocycles. The van der Waals surface area contributed by atoms with Gasteiger partial charge in [-0.2, -0.15) is 4.72 Å². The van der Waals surface area contributed by atoms with Crippen molar-refractivity contribution in [3.05, 3.63) is 42.5 Å². The zero-order valence-electron chi connectivity index (χ0n) is 13.9. The van der Waals surface area contributed by atoms with Gasteiger partial charge >= 0.3 is 0 Å². The molecular weight excluding hydrogens is 360 g/mol. The number of carbonyl (C=O) groups is 1. The largest absolute Gasteiger partial charge is 0.481 e. The van der Waals surface area contributed by atoms with Crippen LogP contribution >= 0.6 is 0 Å². The Bertz CT molecular complexity index is 883. The SMILES string of the molecule is CC#CCOc1ccc(S(=O)(=O)N[C@H](Cc2cnc[nH]2)C(=O)NO)cc1. The summed E-state index contributed by atoms with van der Waals surface area (Å²) in [5.41, 5.74) is 1.99. The van der Waals surface area contributed by atoms with Gasteiger partial charge < -0.3 is 9.72 Å². The molecule has 138 valence electrons. The minimum atomic E-state index is -4.00. The summed E-state index contributed by atoms with van der Waals surface area (Å²) in [6, 6.07) is 4.45. The second kappa shape index (κ2) is 9.00. The topological polar surface area (TPSA) is 133 Å². The lowest BCUT2D eigenvalue weighted by atomic mass is 10.2. The Balaban J connectivity index is 2.13. The maximum atomic E-state index is 12.5. The second-order valence-electron chi connectivity index (χ2n) is 5.12. The molecular formula is C16H18N4O5S. The molecule has 1 amide bonds. The van der Waals surface area contributed by atoms with E-state index < -0.39 is 22.0 Å². The van der Waals surface area contributed by atoms with Crippen molar-refractivity contribution in [1.82, 2.24) is 20.2 Å². The molecule has 0 radical (unpaired) electrons. The van der Waals surface area contributed by atoms with Crippen molar-refractivity contribution in [2.24, 2.45) is 0 Å². The molecule has 0 bridgehead atoms. The van der Waals surface area contributed by atoms with Crippen molar-refractivity contribution in [1.29, 1.82) is 0 Å². The van der Waals surface area contributed by atoms with E-state index in [4.69, 9.17) is 9.94 Å². The highest BCUT2D eigenvalue weighted by atomic mass is 32.2. The average Bonchev–Trinajstić information content (AvgIpc) is 3.14. The molecule has 2 aromatic rings. The molecule has 1 atom stereocenters. The van der Waals surface area contributed by atoms with Gasteiger partial charge in [0, 0.05) is 18.3 Å². The summed E-state index contributed by atoms with van der Waals surface area (Å²) in [5, 5.41) is 8.85. The van der Waals surface area contributed by atoms with Crippen molar-refractivity contribution >= 4 is 15.9 Å². The number of H-pyrrole nitrogens is 1. The van der Waals surface area contributed by atoms with Crippen LogP contribution in [0.4, 0.5) is 0 Å². The highest BCUT2D eigenvalue weighted by Gasteiger charge is 2.26. The summed E-state index contributed by atoms with van der Waals surface area (Å²) < 4.78 is 32.6. The van der Waals surface area contributed by atoms with Gasteiger partial charge in [0.15, 0.2) is 0 Å². The van der Waals surface area contributed by atoms with Gasteiger partial charge in [0.05, 0.1) is 11.2 Å². The number of aromatic nitrogens is 2. The second-order valence-corrected chi connectivity index (χ2v) is 6.83. The number of rotatable bonds is 8. The number of aromatic amines is 1. The van der Waals surface area contributed by atoms with Crippen LogP contribution in [0.2, 0.25) is 0 Å². The Kier molecular flexibility index (Phi) is 6.74. The monoisotopic (exact) mass is 378 g/mol. The van der Waals surface area contributed by atoms with Crippen LogP contribution in [0.1, 0.15) is 12.6 Å². The van der Waals surface area contributed by atoms with Crippen LogP contribution in [-0.2, 0) is 21.2 Å². The van der Waals surface area contributed by atoms with E-state index in [1.165, 1.54) is 42.3 Å². The third-order valence-corrected chi connectivity index (χ3v) is 4.81. The summed E-state index contributed by atoms with van der Waals surface area (Å²) in [6.07, 6.45) is 2.85. The van der Waals surface area contributed by atoms with Gasteiger partial charge in [-0.1, -0.05) is 5.92 Å². The molecule has 0 aliphatic carbocycles. The molecule has 0 fully saturated rings. The number of imidazole rings is 1. The van der Waals surface area contributed by atoms with E-state index >= 15 is 0 Å². The zero-order valence-corrected chi connectivity index (χ0v) is 14.7. The number of nitrogens with one attached hydrogen (secondary N) is 3. The molecule has 0 saturated heterocycles. The highest BCUT2D eigenvalue weighted by Crippen LogP contribution is 2.16. The molecule has 1 heterocycles. The van der Waals surface area contributed by atoms with Crippen LogP contribution in [0.3, 0.4) is 0 Å². The Labute approximate surface area is 150 Å². The third-order valence-electron chi connectivity index (χ3n) is 3.32. The molecule has 0 unspecified atom stereocenters. The van der Waals surface area contributed by atoms with E-state index in [1.807, 2.05) is 0 Å². The van der Waals surface area contributed by atoms with Crippen LogP contribution in [-0.4, -0.2) is 42.1 Å². The summed E-state index contributed by atoms with van der Waals surface area (Å²) in [6.45, 7) is 1.89. The fraction of sp³-hybridized carbons (Fsp3) is 0.250. The Morgan fingerprint density at radius 2 is 2.12 bits per heavy atom. The van der Waals surface area contributed by atoms with Crippen LogP contribution in [0.25, 0.3) is 0 Å². The molecule has 0 spiro atoms. The Morgan fingerprint density at radius 3 is 2.69 bits per heavy atom. The number of hydroxylamine groups is 1. The first-order chi connectivity index (χ1) is 12.5. The molecule has 26 heavy (non-hydrogen) atoms. The van der Waals surface area contributed by atoms with Crippen molar-refractivity contribution in [3.8, 4) is 17.6 Å². The lowest BCUT2D eigenvalue weighted by Gasteiger charge is -2.16. The summed E-state index contributed by atoms with van der Waals surface area (Å²) >= 11 is 0. The van der Waals surface area contributed by atoms with E-state index in [2.05, 4.69) is 26.5 Å². The van der Waals surface area contributed by atoms with Gasteiger partial charge in [-0.15, -0.1) is 5.92 Å². The number of nitrogens with zero attached hydrogens (tertiary/aromatic N) is 1. The normalized spacial score (nSPS) is 11.9. The first-order valence-corrected chi connectivity index (χ1v) is 9.00. The Morgan fingerprint density at radius 1 is 1.38 bits per heavy atom. The van der Waals surface area contributed by atoms with Gasteiger partial charge in [0.25, 0.3) is 5.91 Å². The first kappa shape index (κ1) is 19.5. The number of hydrogen-bond acceptors (Lipinski definition) is 6. The van der Waals surface area contributed by atoms with E-state index in [0.29, 0.717) is 11.4 Å². The van der Waals surface area contributed by atoms with Gasteiger partial charge in [-0.25, -0.2) is 18.9 Å². The molecule has 9 nitrogen and oxygen atoms in total. The minimum Gasteiger partial charge on any atom is -0.481 e. The fourth-order valence-corrected chi connectivity index (χ4v) is 3.24. The predicted octanol–water partition coefficient (Wildman–Crippen LogP) is 0.207. The molecule has 1 aromatic heterocycles. The third kappa shape index (κ3) is 5.32. The van der Waals surface area contributed by atoms with Gasteiger partial charge in [-0.3, -0.25) is 10.0 Å². The number of hydrogen-bond donors (Lipinski definition) is 4. The molecule has 0 aliphatic rings. The van der Waals surface area contributed by atoms with Gasteiger partial charge in [0.2, 0.25) is 10.0 Å². The van der Waals surface area contributed by atoms with Gasteiger partial charge in [-0.05, 0) is 31.2 Å². The van der Waals surface area contributed by atoms with E-state index in [1.54, 1.807) is 6.92 Å². The molecule has 2 rings (SSSR count). The quantitative estimate of drug-likeness (QED) is 0.295. The van der Waals surface area contributed by atoms with Crippen LogP contribution < -0.4 is 14.9 Å². The van der Waals surface area contributed by atoms with Crippen LogP contribution in [0.5, 0.6) is 5.75 Å². The van der Waals surface area contributed by atoms with E-state index in [9.17, 15) is 13.2 Å². The van der Waals surface area contributed by atoms with Crippen LogP contribution in [0.15, 0.2) is 41.7 Å². The average molecular weight is 378 g/mol. The lowest BCUT2D eigenvalue weighted by Crippen LogP contribution is -2.47. The lowest BCUT2D eigenvalue weighted by molar-refractivity contribution is -0.130. The molecule has 4 N–H and O–H groups in total. The fourth-order valence-electron chi connectivity index (χ4n) is 2.04. The minimum absolute atomic E-state index is 0.0114. The number of amides is 1. The highest BCUT2D eigenvalue weighted by molar-refractivity contribution is 7.89. The van der Waals surface area contributed by atoms with Crippen molar-refractivity contribution in [2.75, 3.05) is 6.61 Å². The smallest absolute Gasteiger partial charge is 0.261 e. The van der Waals surface area contributed by atoms with Gasteiger partial charge in [0.1, 0.15) is 18.4 Å². The van der Waals surface area contributed by atoms with E-state index in [-0.39, 0.29) is 17.9 Å². The summed E-state index contributed by atoms with van der Waals surface area (Å²) in [4.78, 5) is 18.3. The number of carbonyl (C=O) groups excluding carboxylic acids is 1. The zero-order chi connectivity index (χ0) is 19.0. The van der Waals surface area contributed by atoms with Crippen LogP contribution in [0, 0.1) is 11.8 Å². The number of benzene rings is 1. The maximum Gasteiger partial charge on any atom is 0.261 e. The summed E-state index contributed by atoms with van der Waals surface area (Å²) in [7, 11) is -4.00.